The van der Waals surface area contributed by atoms with Gasteiger partial charge in [0.15, 0.2) is 6.61 Å². The van der Waals surface area contributed by atoms with Gasteiger partial charge in [-0.2, -0.15) is 0 Å². The fourth-order valence-electron chi connectivity index (χ4n) is 1.27. The van der Waals surface area contributed by atoms with Crippen LogP contribution in [0.25, 0.3) is 0 Å². The van der Waals surface area contributed by atoms with Gasteiger partial charge >= 0.3 is 5.97 Å². The molecule has 0 saturated carbocycles. The third-order valence-electron chi connectivity index (χ3n) is 1.84. The lowest BCUT2D eigenvalue weighted by Gasteiger charge is -2.18. The summed E-state index contributed by atoms with van der Waals surface area (Å²) in [7, 11) is 0. The molecule has 0 radical (unpaired) electrons. The van der Waals surface area contributed by atoms with E-state index in [0.717, 1.165) is 12.0 Å². The number of esters is 1. The lowest BCUT2D eigenvalue weighted by atomic mass is 9.87. The highest BCUT2D eigenvalue weighted by Gasteiger charge is 2.10. The maximum absolute atomic E-state index is 10.8. The zero-order valence-electron chi connectivity index (χ0n) is 10.9. The van der Waals surface area contributed by atoms with Gasteiger partial charge in [0.25, 0.3) is 0 Å². The number of allylic oxidation sites excluding steroid dienone is 1. The second-order valence-corrected chi connectivity index (χ2v) is 5.03. The monoisotopic (exact) mass is 222 g/mol. The van der Waals surface area contributed by atoms with Crippen molar-refractivity contribution < 1.29 is 9.53 Å². The molecular formula is C14H22O2. The van der Waals surface area contributed by atoms with Crippen molar-refractivity contribution in [3.05, 3.63) is 12.2 Å². The van der Waals surface area contributed by atoms with Crippen molar-refractivity contribution in [1.29, 1.82) is 0 Å². The zero-order valence-corrected chi connectivity index (χ0v) is 10.9. The van der Waals surface area contributed by atoms with Crippen LogP contribution < -0.4 is 0 Å². The fourth-order valence-corrected chi connectivity index (χ4v) is 1.27. The summed E-state index contributed by atoms with van der Waals surface area (Å²) in [6.45, 7) is 12.5. The molecule has 90 valence electrons. The van der Waals surface area contributed by atoms with Crippen LogP contribution in [0.4, 0.5) is 0 Å². The Morgan fingerprint density at radius 2 is 1.94 bits per heavy atom. The van der Waals surface area contributed by atoms with E-state index < -0.39 is 0 Å². The van der Waals surface area contributed by atoms with Crippen LogP contribution in [0.15, 0.2) is 12.2 Å². The quantitative estimate of drug-likeness (QED) is 0.414. The zero-order chi connectivity index (χ0) is 12.6. The second kappa shape index (κ2) is 7.11. The molecule has 0 fully saturated rings. The van der Waals surface area contributed by atoms with Crippen LogP contribution in [-0.4, -0.2) is 12.6 Å². The smallest absolute Gasteiger partial charge is 0.306 e. The van der Waals surface area contributed by atoms with Crippen molar-refractivity contribution in [2.24, 2.45) is 5.41 Å². The Labute approximate surface area is 99.1 Å². The summed E-state index contributed by atoms with van der Waals surface area (Å²) in [6.07, 6.45) is 2.05. The standard InChI is InChI=1S/C14H22O2/c1-6-13(15)16-10-8-7-9-12(2)11-14(3,4)5/h2,6,9-11H2,1,3-5H3. The number of ether oxygens (including phenoxy) is 1. The minimum Gasteiger partial charge on any atom is -0.452 e. The van der Waals surface area contributed by atoms with Crippen molar-refractivity contribution in [3.8, 4) is 11.8 Å². The topological polar surface area (TPSA) is 26.3 Å². The molecule has 0 spiro atoms. The van der Waals surface area contributed by atoms with Gasteiger partial charge in [0, 0.05) is 12.8 Å². The van der Waals surface area contributed by atoms with Crippen LogP contribution in [0.2, 0.25) is 0 Å². The molecule has 0 aliphatic heterocycles. The largest absolute Gasteiger partial charge is 0.452 e. The Hall–Kier alpha value is -1.23. The predicted octanol–water partition coefficient (Wildman–Crippen LogP) is 3.33. The normalized spacial score (nSPS) is 10.2. The summed E-state index contributed by atoms with van der Waals surface area (Å²) in [5.41, 5.74) is 1.38. The first kappa shape index (κ1) is 14.8. The first-order chi connectivity index (χ1) is 7.35. The SMILES string of the molecule is C=C(CC#CCOC(=O)CC)CC(C)(C)C. The van der Waals surface area contributed by atoms with Crippen molar-refractivity contribution in [2.45, 2.75) is 47.0 Å². The molecule has 0 aromatic rings. The minimum absolute atomic E-state index is 0.190. The highest BCUT2D eigenvalue weighted by atomic mass is 16.5. The molecule has 0 atom stereocenters. The summed E-state index contributed by atoms with van der Waals surface area (Å²) in [4.78, 5) is 10.8. The van der Waals surface area contributed by atoms with Gasteiger partial charge < -0.3 is 4.74 Å². The van der Waals surface area contributed by atoms with Crippen LogP contribution in [0.3, 0.4) is 0 Å². The van der Waals surface area contributed by atoms with Gasteiger partial charge in [-0.25, -0.2) is 0 Å². The molecule has 2 nitrogen and oxygen atoms in total. The Bertz CT molecular complexity index is 297. The third kappa shape index (κ3) is 9.33. The summed E-state index contributed by atoms with van der Waals surface area (Å²) in [5.74, 6) is 5.57. The van der Waals surface area contributed by atoms with Gasteiger partial charge in [0.2, 0.25) is 0 Å². The average molecular weight is 222 g/mol. The predicted molar refractivity (Wildman–Crippen MR) is 66.9 cm³/mol. The van der Waals surface area contributed by atoms with Crippen molar-refractivity contribution >= 4 is 5.97 Å². The lowest BCUT2D eigenvalue weighted by Crippen LogP contribution is -2.05. The van der Waals surface area contributed by atoms with E-state index in [2.05, 4.69) is 39.2 Å². The van der Waals surface area contributed by atoms with Crippen molar-refractivity contribution in [2.75, 3.05) is 6.61 Å². The van der Waals surface area contributed by atoms with Gasteiger partial charge in [-0.3, -0.25) is 4.79 Å². The summed E-state index contributed by atoms with van der Waals surface area (Å²) >= 11 is 0. The summed E-state index contributed by atoms with van der Waals surface area (Å²) in [6, 6.07) is 0. The fraction of sp³-hybridized carbons (Fsp3) is 0.643. The summed E-state index contributed by atoms with van der Waals surface area (Å²) in [5, 5.41) is 0. The van der Waals surface area contributed by atoms with Gasteiger partial charge in [0.1, 0.15) is 0 Å². The first-order valence-corrected chi connectivity index (χ1v) is 5.63. The molecule has 0 heterocycles. The van der Waals surface area contributed by atoms with Gasteiger partial charge in [-0.15, -0.1) is 0 Å². The summed E-state index contributed by atoms with van der Waals surface area (Å²) < 4.78 is 4.83. The van der Waals surface area contributed by atoms with Crippen molar-refractivity contribution in [3.63, 3.8) is 0 Å². The van der Waals surface area contributed by atoms with E-state index >= 15 is 0 Å². The minimum atomic E-state index is -0.206. The van der Waals surface area contributed by atoms with E-state index in [-0.39, 0.29) is 18.0 Å². The van der Waals surface area contributed by atoms with E-state index in [1.165, 1.54) is 0 Å². The number of rotatable bonds is 4. The van der Waals surface area contributed by atoms with E-state index in [4.69, 9.17) is 4.74 Å². The molecule has 0 aliphatic rings. The Balaban J connectivity index is 3.76. The van der Waals surface area contributed by atoms with Crippen LogP contribution in [0, 0.1) is 17.3 Å². The van der Waals surface area contributed by atoms with E-state index in [1.807, 2.05) is 0 Å². The van der Waals surface area contributed by atoms with E-state index in [1.54, 1.807) is 6.92 Å². The third-order valence-corrected chi connectivity index (χ3v) is 1.84. The highest BCUT2D eigenvalue weighted by molar-refractivity contribution is 5.69. The van der Waals surface area contributed by atoms with Crippen molar-refractivity contribution in [1.82, 2.24) is 0 Å². The maximum atomic E-state index is 10.8. The number of carbonyl (C=O) groups excluding carboxylic acids is 1. The Morgan fingerprint density at radius 3 is 2.44 bits per heavy atom. The number of hydrogen-bond donors (Lipinski definition) is 0. The number of carbonyl (C=O) groups is 1. The molecule has 0 aromatic heterocycles. The van der Waals surface area contributed by atoms with Gasteiger partial charge in [-0.05, 0) is 11.8 Å². The van der Waals surface area contributed by atoms with Gasteiger partial charge in [-0.1, -0.05) is 51.7 Å². The van der Waals surface area contributed by atoms with E-state index in [0.29, 0.717) is 12.8 Å². The average Bonchev–Trinajstić information content (AvgIpc) is 2.14. The van der Waals surface area contributed by atoms with Crippen LogP contribution >= 0.6 is 0 Å². The molecule has 0 saturated heterocycles. The molecule has 0 bridgehead atoms. The van der Waals surface area contributed by atoms with Crippen LogP contribution in [0.5, 0.6) is 0 Å². The lowest BCUT2D eigenvalue weighted by molar-refractivity contribution is -0.141. The molecule has 0 amide bonds. The molecule has 0 N–H and O–H groups in total. The van der Waals surface area contributed by atoms with Crippen LogP contribution in [0.1, 0.15) is 47.0 Å². The Kier molecular flexibility index (Phi) is 6.56. The first-order valence-electron chi connectivity index (χ1n) is 5.63. The van der Waals surface area contributed by atoms with Crippen LogP contribution in [-0.2, 0) is 9.53 Å². The molecular weight excluding hydrogens is 200 g/mol. The molecule has 16 heavy (non-hydrogen) atoms. The molecule has 0 rings (SSSR count). The maximum Gasteiger partial charge on any atom is 0.306 e. The molecule has 0 aromatic carbocycles. The number of hydrogen-bond acceptors (Lipinski definition) is 2. The van der Waals surface area contributed by atoms with E-state index in [9.17, 15) is 4.79 Å². The molecule has 2 heteroatoms. The van der Waals surface area contributed by atoms with Gasteiger partial charge in [0.05, 0.1) is 0 Å². The Morgan fingerprint density at radius 1 is 1.31 bits per heavy atom. The second-order valence-electron chi connectivity index (χ2n) is 5.03. The highest BCUT2D eigenvalue weighted by Crippen LogP contribution is 2.24. The molecule has 0 unspecified atom stereocenters. The molecule has 0 aliphatic carbocycles.